The summed E-state index contributed by atoms with van der Waals surface area (Å²) in [6, 6.07) is 2.05. The molecule has 2 rings (SSSR count). The predicted molar refractivity (Wildman–Crippen MR) is 68.0 cm³/mol. The molecule has 2 aromatic heterocycles. The van der Waals surface area contributed by atoms with Crippen molar-refractivity contribution in [3.8, 4) is 0 Å². The van der Waals surface area contributed by atoms with E-state index in [-0.39, 0.29) is 11.6 Å². The molecule has 0 unspecified atom stereocenters. The van der Waals surface area contributed by atoms with Crippen LogP contribution < -0.4 is 11.1 Å². The second-order valence-corrected chi connectivity index (χ2v) is 4.52. The van der Waals surface area contributed by atoms with Crippen LogP contribution in [0.1, 0.15) is 16.1 Å². The van der Waals surface area contributed by atoms with Gasteiger partial charge in [0, 0.05) is 19.8 Å². The lowest BCUT2D eigenvalue weighted by atomic mass is 10.2. The van der Waals surface area contributed by atoms with Crippen LogP contribution in [-0.2, 0) is 13.5 Å². The van der Waals surface area contributed by atoms with E-state index in [0.29, 0.717) is 12.2 Å². The third-order valence-electron chi connectivity index (χ3n) is 2.35. The lowest BCUT2D eigenvalue weighted by molar-refractivity contribution is 0.0949. The van der Waals surface area contributed by atoms with E-state index in [1.54, 1.807) is 24.6 Å². The van der Waals surface area contributed by atoms with Crippen molar-refractivity contribution in [2.75, 3.05) is 12.3 Å². The summed E-state index contributed by atoms with van der Waals surface area (Å²) in [6.45, 7) is 0.589. The number of aromatic nitrogens is 2. The summed E-state index contributed by atoms with van der Waals surface area (Å²) >= 11 is 1.65. The molecule has 0 aliphatic rings. The fourth-order valence-electron chi connectivity index (χ4n) is 1.52. The van der Waals surface area contributed by atoms with E-state index in [0.717, 1.165) is 6.42 Å². The second-order valence-electron chi connectivity index (χ2n) is 3.74. The van der Waals surface area contributed by atoms with Crippen LogP contribution in [0.3, 0.4) is 0 Å². The van der Waals surface area contributed by atoms with Gasteiger partial charge < -0.3 is 11.1 Å². The van der Waals surface area contributed by atoms with Crippen molar-refractivity contribution in [1.29, 1.82) is 0 Å². The Labute approximate surface area is 103 Å². The molecule has 0 saturated heterocycles. The third kappa shape index (κ3) is 2.85. The van der Waals surface area contributed by atoms with Crippen LogP contribution in [0.4, 0.5) is 5.69 Å². The van der Waals surface area contributed by atoms with Crippen LogP contribution in [0.2, 0.25) is 0 Å². The van der Waals surface area contributed by atoms with Crippen molar-refractivity contribution in [1.82, 2.24) is 15.1 Å². The molecule has 2 aromatic rings. The first kappa shape index (κ1) is 11.7. The molecule has 0 saturated carbocycles. The zero-order valence-corrected chi connectivity index (χ0v) is 10.3. The highest BCUT2D eigenvalue weighted by Gasteiger charge is 2.12. The minimum atomic E-state index is -0.224. The fourth-order valence-corrected chi connectivity index (χ4v) is 2.23. The number of nitrogens with one attached hydrogen (secondary N) is 1. The van der Waals surface area contributed by atoms with E-state index in [1.807, 2.05) is 11.4 Å². The molecular formula is C11H14N4OS. The number of nitrogen functional groups attached to an aromatic ring is 1. The van der Waals surface area contributed by atoms with Crippen LogP contribution in [0.5, 0.6) is 0 Å². The van der Waals surface area contributed by atoms with Crippen LogP contribution in [0.15, 0.2) is 23.0 Å². The Balaban J connectivity index is 1.87. The van der Waals surface area contributed by atoms with Gasteiger partial charge in [0.25, 0.3) is 5.91 Å². The Kier molecular flexibility index (Phi) is 3.43. The molecule has 0 spiro atoms. The Hall–Kier alpha value is -1.82. The number of amides is 1. The number of anilines is 1. The van der Waals surface area contributed by atoms with Gasteiger partial charge in [-0.3, -0.25) is 9.48 Å². The fraction of sp³-hybridized carbons (Fsp3) is 0.273. The number of carbonyl (C=O) groups excluding carboxylic acids is 1. The molecule has 17 heavy (non-hydrogen) atoms. The molecule has 0 fully saturated rings. The molecule has 5 nitrogen and oxygen atoms in total. The summed E-state index contributed by atoms with van der Waals surface area (Å²) in [5.41, 5.74) is 7.59. The van der Waals surface area contributed by atoms with Crippen molar-refractivity contribution in [3.63, 3.8) is 0 Å². The third-order valence-corrected chi connectivity index (χ3v) is 3.08. The highest BCUT2D eigenvalue weighted by molar-refractivity contribution is 7.07. The highest BCUT2D eigenvalue weighted by atomic mass is 32.1. The second kappa shape index (κ2) is 5.01. The van der Waals surface area contributed by atoms with Crippen molar-refractivity contribution in [2.45, 2.75) is 6.42 Å². The number of rotatable bonds is 4. The van der Waals surface area contributed by atoms with Gasteiger partial charge in [-0.05, 0) is 28.8 Å². The zero-order chi connectivity index (χ0) is 12.3. The molecule has 90 valence electrons. The summed E-state index contributed by atoms with van der Waals surface area (Å²) in [4.78, 5) is 11.7. The molecule has 3 N–H and O–H groups in total. The molecular weight excluding hydrogens is 236 g/mol. The summed E-state index contributed by atoms with van der Waals surface area (Å²) < 4.78 is 1.53. The van der Waals surface area contributed by atoms with Crippen LogP contribution in [-0.4, -0.2) is 22.2 Å². The maximum atomic E-state index is 11.7. The zero-order valence-electron chi connectivity index (χ0n) is 9.51. The minimum absolute atomic E-state index is 0.224. The first-order valence-electron chi connectivity index (χ1n) is 5.25. The van der Waals surface area contributed by atoms with Gasteiger partial charge in [-0.1, -0.05) is 0 Å². The van der Waals surface area contributed by atoms with Crippen molar-refractivity contribution >= 4 is 22.9 Å². The maximum absolute atomic E-state index is 11.7. The molecule has 6 heteroatoms. The van der Waals surface area contributed by atoms with E-state index < -0.39 is 0 Å². The first-order valence-corrected chi connectivity index (χ1v) is 6.19. The van der Waals surface area contributed by atoms with Gasteiger partial charge in [-0.15, -0.1) is 0 Å². The number of thiophene rings is 1. The van der Waals surface area contributed by atoms with Crippen molar-refractivity contribution < 1.29 is 4.79 Å². The van der Waals surface area contributed by atoms with Gasteiger partial charge in [0.2, 0.25) is 0 Å². The first-order chi connectivity index (χ1) is 8.16. The summed E-state index contributed by atoms with van der Waals surface area (Å²) in [5.74, 6) is -0.224. The number of hydrogen-bond acceptors (Lipinski definition) is 4. The maximum Gasteiger partial charge on any atom is 0.273 e. The topological polar surface area (TPSA) is 72.9 Å². The standard InChI is InChI=1S/C11H14N4OS/c1-15-6-9(12)10(14-15)11(16)13-4-2-8-3-5-17-7-8/h3,5-7H,2,4,12H2,1H3,(H,13,16). The molecule has 1 amide bonds. The Morgan fingerprint density at radius 1 is 1.65 bits per heavy atom. The van der Waals surface area contributed by atoms with E-state index in [2.05, 4.69) is 15.8 Å². The number of aryl methyl sites for hydroxylation is 1. The lowest BCUT2D eigenvalue weighted by Gasteiger charge is -2.02. The number of hydrogen-bond donors (Lipinski definition) is 2. The number of carbonyl (C=O) groups is 1. The average Bonchev–Trinajstić information content (AvgIpc) is 2.88. The summed E-state index contributed by atoms with van der Waals surface area (Å²) in [6.07, 6.45) is 2.44. The van der Waals surface area contributed by atoms with Crippen LogP contribution >= 0.6 is 11.3 Å². The molecule has 2 heterocycles. The quantitative estimate of drug-likeness (QED) is 0.851. The van der Waals surface area contributed by atoms with Gasteiger partial charge in [0.05, 0.1) is 5.69 Å². The summed E-state index contributed by atoms with van der Waals surface area (Å²) in [7, 11) is 1.73. The van der Waals surface area contributed by atoms with Crippen LogP contribution in [0.25, 0.3) is 0 Å². The van der Waals surface area contributed by atoms with E-state index in [9.17, 15) is 4.79 Å². The molecule has 0 bridgehead atoms. The minimum Gasteiger partial charge on any atom is -0.396 e. The molecule has 0 aliphatic carbocycles. The Morgan fingerprint density at radius 2 is 2.47 bits per heavy atom. The molecule has 0 radical (unpaired) electrons. The number of nitrogens with two attached hydrogens (primary N) is 1. The van der Waals surface area contributed by atoms with E-state index in [1.165, 1.54) is 10.2 Å². The molecule has 0 aliphatic heterocycles. The van der Waals surface area contributed by atoms with Gasteiger partial charge in [0.15, 0.2) is 5.69 Å². The lowest BCUT2D eigenvalue weighted by Crippen LogP contribution is -2.26. The van der Waals surface area contributed by atoms with E-state index in [4.69, 9.17) is 5.73 Å². The Morgan fingerprint density at radius 3 is 3.06 bits per heavy atom. The summed E-state index contributed by atoms with van der Waals surface area (Å²) in [5, 5.41) is 10.9. The normalized spacial score (nSPS) is 10.4. The van der Waals surface area contributed by atoms with Gasteiger partial charge in [-0.2, -0.15) is 16.4 Å². The van der Waals surface area contributed by atoms with Gasteiger partial charge in [0.1, 0.15) is 0 Å². The van der Waals surface area contributed by atoms with Crippen molar-refractivity contribution in [2.24, 2.45) is 7.05 Å². The smallest absolute Gasteiger partial charge is 0.273 e. The van der Waals surface area contributed by atoms with Gasteiger partial charge >= 0.3 is 0 Å². The molecule has 0 atom stereocenters. The predicted octanol–water partition coefficient (Wildman–Crippen LogP) is 1.04. The largest absolute Gasteiger partial charge is 0.396 e. The monoisotopic (exact) mass is 250 g/mol. The van der Waals surface area contributed by atoms with E-state index >= 15 is 0 Å². The highest BCUT2D eigenvalue weighted by Crippen LogP contribution is 2.08. The van der Waals surface area contributed by atoms with Crippen molar-refractivity contribution in [3.05, 3.63) is 34.3 Å². The number of nitrogens with zero attached hydrogens (tertiary/aromatic N) is 2. The van der Waals surface area contributed by atoms with Gasteiger partial charge in [-0.25, -0.2) is 0 Å². The van der Waals surface area contributed by atoms with Crippen LogP contribution in [0, 0.1) is 0 Å². The SMILES string of the molecule is Cn1cc(N)c(C(=O)NCCc2ccsc2)n1. The Bertz CT molecular complexity index is 504. The average molecular weight is 250 g/mol. The molecule has 0 aromatic carbocycles.